The number of hydrogen-bond acceptors (Lipinski definition) is 4. The molecule has 14 heavy (non-hydrogen) atoms. The normalized spacial score (nSPS) is 10.6. The van der Waals surface area contributed by atoms with E-state index in [-0.39, 0.29) is 11.3 Å². The van der Waals surface area contributed by atoms with Crippen molar-refractivity contribution in [2.24, 2.45) is 5.73 Å². The minimum absolute atomic E-state index is 0.0317. The third-order valence-corrected chi connectivity index (χ3v) is 2.95. The molecule has 0 aliphatic rings. The molecular formula is C9H8N2O2S. The van der Waals surface area contributed by atoms with Crippen molar-refractivity contribution in [1.29, 1.82) is 0 Å². The van der Waals surface area contributed by atoms with Crippen LogP contribution in [0, 0.1) is 0 Å². The van der Waals surface area contributed by atoms with Crippen LogP contribution in [0.25, 0.3) is 10.1 Å². The largest absolute Gasteiger partial charge is 0.507 e. The first-order valence-electron chi connectivity index (χ1n) is 3.91. The lowest BCUT2D eigenvalue weighted by Crippen LogP contribution is -2.11. The predicted molar refractivity (Wildman–Crippen MR) is 56.4 cm³/mol. The zero-order valence-electron chi connectivity index (χ0n) is 7.15. The number of fused-ring (bicyclic) bond motifs is 1. The summed E-state index contributed by atoms with van der Waals surface area (Å²) in [6, 6.07) is 4.97. The van der Waals surface area contributed by atoms with Crippen LogP contribution in [0.2, 0.25) is 0 Å². The first-order chi connectivity index (χ1) is 6.61. The van der Waals surface area contributed by atoms with Gasteiger partial charge in [0.15, 0.2) is 0 Å². The van der Waals surface area contributed by atoms with E-state index in [0.717, 1.165) is 4.70 Å². The number of amides is 1. The average Bonchev–Trinajstić information content (AvgIpc) is 2.42. The molecule has 5 N–H and O–H groups in total. The minimum Gasteiger partial charge on any atom is -0.507 e. The number of phenolic OH excluding ortho intramolecular Hbond substituents is 1. The van der Waals surface area contributed by atoms with Gasteiger partial charge in [0, 0.05) is 10.1 Å². The van der Waals surface area contributed by atoms with E-state index in [0.29, 0.717) is 10.4 Å². The van der Waals surface area contributed by atoms with Gasteiger partial charge < -0.3 is 16.6 Å². The SMILES string of the molecule is NC(=O)c1c(N)sc2cccc(O)c12. The van der Waals surface area contributed by atoms with Crippen molar-refractivity contribution < 1.29 is 9.90 Å². The Morgan fingerprint density at radius 2 is 2.14 bits per heavy atom. The molecule has 0 bridgehead atoms. The summed E-state index contributed by atoms with van der Waals surface area (Å²) in [6.45, 7) is 0. The lowest BCUT2D eigenvalue weighted by Gasteiger charge is -1.97. The highest BCUT2D eigenvalue weighted by molar-refractivity contribution is 7.23. The van der Waals surface area contributed by atoms with Crippen molar-refractivity contribution in [2.75, 3.05) is 5.73 Å². The number of rotatable bonds is 1. The summed E-state index contributed by atoms with van der Waals surface area (Å²) in [7, 11) is 0. The van der Waals surface area contributed by atoms with E-state index in [9.17, 15) is 9.90 Å². The van der Waals surface area contributed by atoms with Crippen molar-refractivity contribution in [3.05, 3.63) is 23.8 Å². The molecule has 2 aromatic rings. The van der Waals surface area contributed by atoms with E-state index >= 15 is 0 Å². The monoisotopic (exact) mass is 208 g/mol. The van der Waals surface area contributed by atoms with E-state index in [1.54, 1.807) is 12.1 Å². The maximum Gasteiger partial charge on any atom is 0.252 e. The second-order valence-corrected chi connectivity index (χ2v) is 3.94. The van der Waals surface area contributed by atoms with Gasteiger partial charge in [-0.2, -0.15) is 0 Å². The maximum absolute atomic E-state index is 11.1. The Balaban J connectivity index is 2.93. The van der Waals surface area contributed by atoms with Crippen LogP contribution in [0.15, 0.2) is 18.2 Å². The Kier molecular flexibility index (Phi) is 1.82. The lowest BCUT2D eigenvalue weighted by atomic mass is 10.1. The fraction of sp³-hybridized carbons (Fsp3) is 0. The zero-order valence-corrected chi connectivity index (χ0v) is 7.97. The molecule has 0 saturated carbocycles. The predicted octanol–water partition coefficient (Wildman–Crippen LogP) is 1.29. The van der Waals surface area contributed by atoms with E-state index in [4.69, 9.17) is 11.5 Å². The Labute approximate surface area is 83.8 Å². The van der Waals surface area contributed by atoms with Crippen molar-refractivity contribution in [3.63, 3.8) is 0 Å². The van der Waals surface area contributed by atoms with Crippen LogP contribution in [0.5, 0.6) is 5.75 Å². The molecule has 5 heteroatoms. The van der Waals surface area contributed by atoms with Gasteiger partial charge in [-0.25, -0.2) is 0 Å². The van der Waals surface area contributed by atoms with Gasteiger partial charge in [0.1, 0.15) is 5.75 Å². The summed E-state index contributed by atoms with van der Waals surface area (Å²) in [5, 5.41) is 10.3. The highest BCUT2D eigenvalue weighted by atomic mass is 32.1. The molecule has 1 heterocycles. The first kappa shape index (κ1) is 8.83. The smallest absolute Gasteiger partial charge is 0.252 e. The molecule has 0 radical (unpaired) electrons. The number of nitrogen functional groups attached to an aromatic ring is 1. The van der Waals surface area contributed by atoms with Gasteiger partial charge in [-0.1, -0.05) is 6.07 Å². The molecule has 0 aliphatic heterocycles. The second kappa shape index (κ2) is 2.88. The Morgan fingerprint density at radius 3 is 2.79 bits per heavy atom. The number of phenols is 1. The van der Waals surface area contributed by atoms with Crippen LogP contribution in [0.3, 0.4) is 0 Å². The topological polar surface area (TPSA) is 89.3 Å². The van der Waals surface area contributed by atoms with Crippen LogP contribution in [0.4, 0.5) is 5.00 Å². The summed E-state index contributed by atoms with van der Waals surface area (Å²) in [5.74, 6) is -0.584. The van der Waals surface area contributed by atoms with Crippen molar-refractivity contribution in [3.8, 4) is 5.75 Å². The second-order valence-electron chi connectivity index (χ2n) is 2.86. The molecule has 0 saturated heterocycles. The Bertz CT molecular complexity index is 519. The van der Waals surface area contributed by atoms with Crippen LogP contribution in [-0.2, 0) is 0 Å². The highest BCUT2D eigenvalue weighted by Crippen LogP contribution is 2.38. The molecule has 0 unspecified atom stereocenters. The Morgan fingerprint density at radius 1 is 1.43 bits per heavy atom. The van der Waals surface area contributed by atoms with Gasteiger partial charge in [-0.3, -0.25) is 4.79 Å². The van der Waals surface area contributed by atoms with E-state index in [2.05, 4.69) is 0 Å². The standard InChI is InChI=1S/C9H8N2O2S/c10-8(13)7-6-4(12)2-1-3-5(6)14-9(7)11/h1-3,12H,11H2,(H2,10,13). The fourth-order valence-electron chi connectivity index (χ4n) is 1.39. The molecule has 0 spiro atoms. The number of carbonyl (C=O) groups is 1. The maximum atomic E-state index is 11.1. The number of carbonyl (C=O) groups excluding carboxylic acids is 1. The number of benzene rings is 1. The molecular weight excluding hydrogens is 200 g/mol. The first-order valence-corrected chi connectivity index (χ1v) is 4.72. The van der Waals surface area contributed by atoms with Gasteiger partial charge in [0.2, 0.25) is 0 Å². The van der Waals surface area contributed by atoms with Crippen LogP contribution in [0.1, 0.15) is 10.4 Å². The van der Waals surface area contributed by atoms with Gasteiger partial charge in [0.05, 0.1) is 10.6 Å². The number of thiophene rings is 1. The zero-order chi connectivity index (χ0) is 10.3. The van der Waals surface area contributed by atoms with Crippen LogP contribution < -0.4 is 11.5 Å². The quantitative estimate of drug-likeness (QED) is 0.659. The van der Waals surface area contributed by atoms with Crippen molar-refractivity contribution >= 4 is 32.3 Å². The number of primary amides is 1. The molecule has 1 amide bonds. The summed E-state index contributed by atoms with van der Waals surface area (Å²) < 4.78 is 0.760. The van der Waals surface area contributed by atoms with Gasteiger partial charge in [0.25, 0.3) is 5.91 Å². The number of aromatic hydroxyl groups is 1. The third-order valence-electron chi connectivity index (χ3n) is 1.97. The van der Waals surface area contributed by atoms with Crippen LogP contribution in [-0.4, -0.2) is 11.0 Å². The summed E-state index contributed by atoms with van der Waals surface area (Å²) in [6.07, 6.45) is 0. The van der Waals surface area contributed by atoms with Crippen molar-refractivity contribution in [1.82, 2.24) is 0 Å². The molecule has 0 fully saturated rings. The fourth-order valence-corrected chi connectivity index (χ4v) is 2.39. The molecule has 72 valence electrons. The molecule has 1 aromatic carbocycles. The number of hydrogen-bond donors (Lipinski definition) is 3. The van der Waals surface area contributed by atoms with Gasteiger partial charge >= 0.3 is 0 Å². The van der Waals surface area contributed by atoms with E-state index in [1.165, 1.54) is 17.4 Å². The molecule has 2 rings (SSSR count). The summed E-state index contributed by atoms with van der Waals surface area (Å²) in [5.41, 5.74) is 11.0. The number of anilines is 1. The molecule has 0 atom stereocenters. The van der Waals surface area contributed by atoms with Gasteiger partial charge in [-0.15, -0.1) is 11.3 Å². The third kappa shape index (κ3) is 1.10. The van der Waals surface area contributed by atoms with Crippen LogP contribution >= 0.6 is 11.3 Å². The average molecular weight is 208 g/mol. The summed E-state index contributed by atoms with van der Waals surface area (Å²) >= 11 is 1.24. The van der Waals surface area contributed by atoms with Gasteiger partial charge in [-0.05, 0) is 12.1 Å². The molecule has 1 aromatic heterocycles. The van der Waals surface area contributed by atoms with E-state index < -0.39 is 5.91 Å². The lowest BCUT2D eigenvalue weighted by molar-refractivity contribution is 0.100. The molecule has 0 aliphatic carbocycles. The van der Waals surface area contributed by atoms with Crippen molar-refractivity contribution in [2.45, 2.75) is 0 Å². The highest BCUT2D eigenvalue weighted by Gasteiger charge is 2.16. The summed E-state index contributed by atoms with van der Waals surface area (Å²) in [4.78, 5) is 11.1. The molecule has 4 nitrogen and oxygen atoms in total. The Hall–Kier alpha value is -1.75. The number of nitrogens with two attached hydrogens (primary N) is 2. The minimum atomic E-state index is -0.616. The van der Waals surface area contributed by atoms with E-state index in [1.807, 2.05) is 0 Å².